The number of rotatable bonds is 4. The molecule has 0 aromatic heterocycles. The summed E-state index contributed by atoms with van der Waals surface area (Å²) in [5.41, 5.74) is 0. The number of benzene rings is 1. The van der Waals surface area contributed by atoms with Gasteiger partial charge in [0.25, 0.3) is 5.91 Å². The van der Waals surface area contributed by atoms with Crippen LogP contribution in [0.1, 0.15) is 25.7 Å². The third-order valence-electron chi connectivity index (χ3n) is 3.20. The maximum absolute atomic E-state index is 13.5. The molecule has 1 aromatic rings. The Labute approximate surface area is 130 Å². The summed E-state index contributed by atoms with van der Waals surface area (Å²) in [6.07, 6.45) is 4.04. The van der Waals surface area contributed by atoms with Crippen molar-refractivity contribution in [2.45, 2.75) is 31.7 Å². The highest BCUT2D eigenvalue weighted by Crippen LogP contribution is 2.21. The minimum Gasteiger partial charge on any atom is -0.481 e. The number of halogens is 2. The van der Waals surface area contributed by atoms with Gasteiger partial charge in [0.1, 0.15) is 0 Å². The van der Waals surface area contributed by atoms with E-state index in [2.05, 4.69) is 26.6 Å². The number of carbonyl (C=O) groups excluding carboxylic acids is 2. The third-order valence-corrected chi connectivity index (χ3v) is 3.69. The van der Waals surface area contributed by atoms with E-state index < -0.39 is 24.4 Å². The molecule has 5 nitrogen and oxygen atoms in total. The fraction of sp³-hybridized carbons (Fsp3) is 0.429. The lowest BCUT2D eigenvalue weighted by atomic mass is 10.2. The van der Waals surface area contributed by atoms with E-state index in [9.17, 15) is 14.0 Å². The number of urea groups is 1. The van der Waals surface area contributed by atoms with E-state index in [1.54, 1.807) is 6.07 Å². The zero-order valence-electron chi connectivity index (χ0n) is 11.3. The lowest BCUT2D eigenvalue weighted by molar-refractivity contribution is -0.122. The topological polar surface area (TPSA) is 67.4 Å². The molecule has 2 N–H and O–H groups in total. The van der Waals surface area contributed by atoms with Crippen LogP contribution >= 0.6 is 15.9 Å². The van der Waals surface area contributed by atoms with Crippen LogP contribution in [-0.4, -0.2) is 24.6 Å². The maximum atomic E-state index is 13.5. The van der Waals surface area contributed by atoms with Gasteiger partial charge in [0.05, 0.1) is 0 Å². The molecule has 0 aliphatic heterocycles. The van der Waals surface area contributed by atoms with Crippen molar-refractivity contribution < 1.29 is 18.7 Å². The summed E-state index contributed by atoms with van der Waals surface area (Å²) in [7, 11) is 0. The predicted octanol–water partition coefficient (Wildman–Crippen LogP) is 2.74. The van der Waals surface area contributed by atoms with Crippen LogP contribution in [0.2, 0.25) is 0 Å². The third kappa shape index (κ3) is 5.00. The van der Waals surface area contributed by atoms with Gasteiger partial charge in [-0.3, -0.25) is 10.1 Å². The van der Waals surface area contributed by atoms with Crippen molar-refractivity contribution >= 4 is 27.9 Å². The highest BCUT2D eigenvalue weighted by Gasteiger charge is 2.18. The Kier molecular flexibility index (Phi) is 5.55. The molecule has 1 saturated carbocycles. The van der Waals surface area contributed by atoms with Crippen molar-refractivity contribution in [2.24, 2.45) is 0 Å². The summed E-state index contributed by atoms with van der Waals surface area (Å²) >= 11 is 3.12. The van der Waals surface area contributed by atoms with Gasteiger partial charge in [0, 0.05) is 10.5 Å². The van der Waals surface area contributed by atoms with Gasteiger partial charge in [0.2, 0.25) is 0 Å². The van der Waals surface area contributed by atoms with Crippen molar-refractivity contribution in [3.8, 4) is 5.75 Å². The second-order valence-electron chi connectivity index (χ2n) is 4.87. The molecule has 0 radical (unpaired) electrons. The number of carbonyl (C=O) groups is 2. The molecular formula is C14H16BrFN2O3. The first-order valence-electron chi connectivity index (χ1n) is 6.73. The fourth-order valence-corrected chi connectivity index (χ4v) is 2.52. The van der Waals surface area contributed by atoms with Crippen LogP contribution in [0.3, 0.4) is 0 Å². The number of amides is 3. The molecule has 2 rings (SSSR count). The van der Waals surface area contributed by atoms with Crippen LogP contribution in [0.4, 0.5) is 9.18 Å². The zero-order chi connectivity index (χ0) is 15.2. The fourth-order valence-electron chi connectivity index (χ4n) is 2.19. The van der Waals surface area contributed by atoms with Crippen LogP contribution in [0, 0.1) is 5.82 Å². The van der Waals surface area contributed by atoms with Gasteiger partial charge in [-0.15, -0.1) is 0 Å². The molecule has 21 heavy (non-hydrogen) atoms. The number of ether oxygens (including phenoxy) is 1. The highest BCUT2D eigenvalue weighted by molar-refractivity contribution is 9.10. The molecule has 1 aliphatic rings. The lowest BCUT2D eigenvalue weighted by Gasteiger charge is -2.12. The SMILES string of the molecule is O=C(COc1ccc(Br)cc1F)NC(=O)NC1CCCC1. The molecule has 0 spiro atoms. The number of hydrogen-bond acceptors (Lipinski definition) is 3. The Balaban J connectivity index is 1.75. The summed E-state index contributed by atoms with van der Waals surface area (Å²) in [4.78, 5) is 23.1. The molecule has 0 bridgehead atoms. The first-order chi connectivity index (χ1) is 10.0. The second kappa shape index (κ2) is 7.40. The minimum atomic E-state index is -0.618. The summed E-state index contributed by atoms with van der Waals surface area (Å²) in [5, 5.41) is 4.88. The predicted molar refractivity (Wildman–Crippen MR) is 78.5 cm³/mol. The summed E-state index contributed by atoms with van der Waals surface area (Å²) < 4.78 is 19.1. The van der Waals surface area contributed by atoms with E-state index in [4.69, 9.17) is 4.74 Å². The van der Waals surface area contributed by atoms with Crippen LogP contribution < -0.4 is 15.4 Å². The average Bonchev–Trinajstić information content (AvgIpc) is 2.90. The summed E-state index contributed by atoms with van der Waals surface area (Å²) in [6, 6.07) is 3.84. The largest absolute Gasteiger partial charge is 0.481 e. The van der Waals surface area contributed by atoms with Gasteiger partial charge >= 0.3 is 6.03 Å². The van der Waals surface area contributed by atoms with E-state index in [-0.39, 0.29) is 11.8 Å². The molecule has 3 amide bonds. The summed E-state index contributed by atoms with van der Waals surface area (Å²) in [5.74, 6) is -1.23. The number of nitrogens with one attached hydrogen (secondary N) is 2. The first kappa shape index (κ1) is 15.8. The van der Waals surface area contributed by atoms with Crippen LogP contribution in [0.25, 0.3) is 0 Å². The van der Waals surface area contributed by atoms with E-state index in [0.29, 0.717) is 4.47 Å². The van der Waals surface area contributed by atoms with Crippen LogP contribution in [0.5, 0.6) is 5.75 Å². The maximum Gasteiger partial charge on any atom is 0.321 e. The quantitative estimate of drug-likeness (QED) is 0.869. The second-order valence-corrected chi connectivity index (χ2v) is 5.78. The Hall–Kier alpha value is -1.63. The molecule has 1 aromatic carbocycles. The first-order valence-corrected chi connectivity index (χ1v) is 7.52. The van der Waals surface area contributed by atoms with Gasteiger partial charge in [-0.1, -0.05) is 28.8 Å². The van der Waals surface area contributed by atoms with E-state index in [1.165, 1.54) is 12.1 Å². The highest BCUT2D eigenvalue weighted by atomic mass is 79.9. The monoisotopic (exact) mass is 358 g/mol. The van der Waals surface area contributed by atoms with Crippen molar-refractivity contribution in [1.29, 1.82) is 0 Å². The Bertz CT molecular complexity index is 533. The van der Waals surface area contributed by atoms with Crippen LogP contribution in [-0.2, 0) is 4.79 Å². The average molecular weight is 359 g/mol. The van der Waals surface area contributed by atoms with Gasteiger partial charge in [-0.05, 0) is 31.0 Å². The molecule has 114 valence electrons. The Morgan fingerprint density at radius 1 is 1.33 bits per heavy atom. The van der Waals surface area contributed by atoms with Crippen molar-refractivity contribution in [2.75, 3.05) is 6.61 Å². The van der Waals surface area contributed by atoms with E-state index in [0.717, 1.165) is 25.7 Å². The lowest BCUT2D eigenvalue weighted by Crippen LogP contribution is -2.45. The van der Waals surface area contributed by atoms with Crippen molar-refractivity contribution in [3.63, 3.8) is 0 Å². The molecule has 0 saturated heterocycles. The molecule has 0 unspecified atom stereocenters. The molecule has 0 heterocycles. The molecule has 1 fully saturated rings. The smallest absolute Gasteiger partial charge is 0.321 e. The zero-order valence-corrected chi connectivity index (χ0v) is 12.9. The van der Waals surface area contributed by atoms with Gasteiger partial charge in [0.15, 0.2) is 18.2 Å². The van der Waals surface area contributed by atoms with Gasteiger partial charge in [-0.2, -0.15) is 0 Å². The standard InChI is InChI=1S/C14H16BrFN2O3/c15-9-5-6-12(11(16)7-9)21-8-13(19)18-14(20)17-10-3-1-2-4-10/h5-7,10H,1-4,8H2,(H2,17,18,19,20). The molecule has 0 atom stereocenters. The van der Waals surface area contributed by atoms with E-state index in [1.807, 2.05) is 0 Å². The molecule has 7 heteroatoms. The Morgan fingerprint density at radius 3 is 2.71 bits per heavy atom. The molecule has 1 aliphatic carbocycles. The minimum absolute atomic E-state index is 0.0375. The summed E-state index contributed by atoms with van der Waals surface area (Å²) in [6.45, 7) is -0.420. The van der Waals surface area contributed by atoms with Gasteiger partial charge in [-0.25, -0.2) is 9.18 Å². The Morgan fingerprint density at radius 2 is 2.05 bits per heavy atom. The van der Waals surface area contributed by atoms with E-state index >= 15 is 0 Å². The van der Waals surface area contributed by atoms with Crippen LogP contribution in [0.15, 0.2) is 22.7 Å². The normalized spacial score (nSPS) is 14.8. The van der Waals surface area contributed by atoms with Crippen molar-refractivity contribution in [3.05, 3.63) is 28.5 Å². The number of imide groups is 1. The molecular weight excluding hydrogens is 343 g/mol. The number of hydrogen-bond donors (Lipinski definition) is 2. The van der Waals surface area contributed by atoms with Crippen molar-refractivity contribution in [1.82, 2.24) is 10.6 Å². The van der Waals surface area contributed by atoms with Gasteiger partial charge < -0.3 is 10.1 Å².